The highest BCUT2D eigenvalue weighted by Gasteiger charge is 2.27. The Balaban J connectivity index is 1.18. The van der Waals surface area contributed by atoms with E-state index in [1.807, 2.05) is 42.5 Å². The van der Waals surface area contributed by atoms with Crippen molar-refractivity contribution in [3.8, 4) is 34.2 Å². The molecule has 1 atom stereocenters. The molecule has 1 aliphatic heterocycles. The Morgan fingerprint density at radius 2 is 1.71 bits per heavy atom. The first kappa shape index (κ1) is 23.5. The normalized spacial score (nSPS) is 15.6. The third-order valence-electron chi connectivity index (χ3n) is 6.77. The fourth-order valence-electron chi connectivity index (χ4n) is 4.70. The van der Waals surface area contributed by atoms with E-state index in [0.29, 0.717) is 29.1 Å². The molecule has 1 fully saturated rings. The zero-order valence-electron chi connectivity index (χ0n) is 21.1. The standard InChI is InChI=1S/C28H26N8O2/c1-19-18-35(15-16-36(19)28-31-24(17-25(37)34(28)2)20-10-13-29-14-11-20)22-8-6-21(7-9-22)26-32-27(38-33-26)23-5-3-4-12-30-23/h3-14,17,19H,15-16,18H2,1-2H3/t19-/m1/s1. The molecule has 5 heterocycles. The van der Waals surface area contributed by atoms with Crippen molar-refractivity contribution in [3.63, 3.8) is 0 Å². The van der Waals surface area contributed by atoms with Gasteiger partial charge in [-0.15, -0.1) is 0 Å². The molecule has 1 aromatic carbocycles. The molecule has 10 heteroatoms. The van der Waals surface area contributed by atoms with Gasteiger partial charge in [0.2, 0.25) is 11.8 Å². The summed E-state index contributed by atoms with van der Waals surface area (Å²) in [5.41, 5.74) is 4.08. The predicted octanol–water partition coefficient (Wildman–Crippen LogP) is 3.67. The molecule has 0 unspecified atom stereocenters. The van der Waals surface area contributed by atoms with E-state index >= 15 is 0 Å². The maximum Gasteiger partial charge on any atom is 0.276 e. The van der Waals surface area contributed by atoms with Crippen LogP contribution >= 0.6 is 0 Å². The largest absolute Gasteiger partial charge is 0.368 e. The third-order valence-corrected chi connectivity index (χ3v) is 6.77. The summed E-state index contributed by atoms with van der Waals surface area (Å²) in [5, 5.41) is 4.12. The smallest absolute Gasteiger partial charge is 0.276 e. The van der Waals surface area contributed by atoms with E-state index in [0.717, 1.165) is 36.4 Å². The predicted molar refractivity (Wildman–Crippen MR) is 145 cm³/mol. The maximum absolute atomic E-state index is 12.7. The molecule has 0 N–H and O–H groups in total. The van der Waals surface area contributed by atoms with Crippen molar-refractivity contribution < 1.29 is 4.52 Å². The minimum absolute atomic E-state index is 0.0836. The van der Waals surface area contributed by atoms with Crippen molar-refractivity contribution in [2.24, 2.45) is 7.05 Å². The Kier molecular flexibility index (Phi) is 6.12. The lowest BCUT2D eigenvalue weighted by molar-refractivity contribution is 0.431. The van der Waals surface area contributed by atoms with Crippen molar-refractivity contribution in [2.75, 3.05) is 29.4 Å². The SMILES string of the molecule is C[C@@H]1CN(c2ccc(-c3noc(-c4ccccn4)n3)cc2)CCN1c1nc(-c2ccncc2)cc(=O)n1C. The third kappa shape index (κ3) is 4.52. The number of hydrogen-bond acceptors (Lipinski definition) is 9. The highest BCUT2D eigenvalue weighted by Crippen LogP contribution is 2.27. The molecule has 190 valence electrons. The van der Waals surface area contributed by atoms with Crippen molar-refractivity contribution in [3.05, 3.63) is 89.6 Å². The summed E-state index contributed by atoms with van der Waals surface area (Å²) < 4.78 is 7.02. The molecular weight excluding hydrogens is 480 g/mol. The van der Waals surface area contributed by atoms with Crippen LogP contribution in [0.3, 0.4) is 0 Å². The van der Waals surface area contributed by atoms with Gasteiger partial charge in [-0.05, 0) is 55.5 Å². The van der Waals surface area contributed by atoms with Crippen LogP contribution in [0.4, 0.5) is 11.6 Å². The van der Waals surface area contributed by atoms with Gasteiger partial charge in [0.25, 0.3) is 11.4 Å². The van der Waals surface area contributed by atoms with E-state index in [9.17, 15) is 4.79 Å². The van der Waals surface area contributed by atoms with E-state index in [1.54, 1.807) is 36.3 Å². The molecule has 1 aliphatic rings. The molecule has 10 nitrogen and oxygen atoms in total. The summed E-state index contributed by atoms with van der Waals surface area (Å²) in [7, 11) is 1.77. The molecule has 0 bridgehead atoms. The number of aromatic nitrogens is 6. The van der Waals surface area contributed by atoms with Crippen LogP contribution in [0.1, 0.15) is 6.92 Å². The topological polar surface area (TPSA) is 106 Å². The van der Waals surface area contributed by atoms with Gasteiger partial charge in [-0.1, -0.05) is 11.2 Å². The molecular formula is C28H26N8O2. The maximum atomic E-state index is 12.7. The highest BCUT2D eigenvalue weighted by atomic mass is 16.5. The monoisotopic (exact) mass is 506 g/mol. The fraction of sp³-hybridized carbons (Fsp3) is 0.214. The molecule has 0 aliphatic carbocycles. The summed E-state index contributed by atoms with van der Waals surface area (Å²) >= 11 is 0. The van der Waals surface area contributed by atoms with Gasteiger partial charge in [0, 0.05) is 74.2 Å². The molecule has 38 heavy (non-hydrogen) atoms. The Morgan fingerprint density at radius 1 is 0.895 bits per heavy atom. The van der Waals surface area contributed by atoms with Crippen molar-refractivity contribution in [2.45, 2.75) is 13.0 Å². The van der Waals surface area contributed by atoms with Gasteiger partial charge < -0.3 is 14.3 Å². The molecule has 5 aromatic rings. The van der Waals surface area contributed by atoms with E-state index in [-0.39, 0.29) is 11.6 Å². The number of hydrogen-bond donors (Lipinski definition) is 0. The van der Waals surface area contributed by atoms with Crippen LogP contribution in [0.15, 0.2) is 88.6 Å². The minimum atomic E-state index is -0.0836. The van der Waals surface area contributed by atoms with Gasteiger partial charge in [-0.2, -0.15) is 4.98 Å². The second-order valence-corrected chi connectivity index (χ2v) is 9.25. The van der Waals surface area contributed by atoms with E-state index < -0.39 is 0 Å². The van der Waals surface area contributed by atoms with Crippen molar-refractivity contribution >= 4 is 11.6 Å². The molecule has 0 spiro atoms. The first-order valence-electron chi connectivity index (χ1n) is 12.4. The first-order chi connectivity index (χ1) is 18.6. The van der Waals surface area contributed by atoms with Gasteiger partial charge >= 0.3 is 0 Å². The van der Waals surface area contributed by atoms with Crippen LogP contribution < -0.4 is 15.4 Å². The summed E-state index contributed by atoms with van der Waals surface area (Å²) in [4.78, 5) is 35.0. The van der Waals surface area contributed by atoms with Crippen molar-refractivity contribution in [1.29, 1.82) is 0 Å². The van der Waals surface area contributed by atoms with Gasteiger partial charge in [-0.3, -0.25) is 19.3 Å². The molecule has 0 amide bonds. The number of anilines is 2. The van der Waals surface area contributed by atoms with Crippen LogP contribution in [0.5, 0.6) is 0 Å². The Bertz CT molecular complexity index is 1600. The molecule has 0 radical (unpaired) electrons. The Labute approximate surface area is 219 Å². The minimum Gasteiger partial charge on any atom is -0.368 e. The highest BCUT2D eigenvalue weighted by molar-refractivity contribution is 5.63. The van der Waals surface area contributed by atoms with Gasteiger partial charge in [-0.25, -0.2) is 4.98 Å². The summed E-state index contributed by atoms with van der Waals surface area (Å²) in [6.45, 7) is 4.48. The summed E-state index contributed by atoms with van der Waals surface area (Å²) in [6.07, 6.45) is 5.11. The van der Waals surface area contributed by atoms with E-state index in [2.05, 4.69) is 49.0 Å². The van der Waals surface area contributed by atoms with Crippen LogP contribution in [0.25, 0.3) is 34.2 Å². The average Bonchev–Trinajstić information content (AvgIpc) is 3.46. The van der Waals surface area contributed by atoms with Gasteiger partial charge in [0.15, 0.2) is 0 Å². The van der Waals surface area contributed by atoms with Crippen LogP contribution in [0.2, 0.25) is 0 Å². The van der Waals surface area contributed by atoms with Gasteiger partial charge in [0.05, 0.1) is 5.69 Å². The lowest BCUT2D eigenvalue weighted by Gasteiger charge is -2.42. The first-order valence-corrected chi connectivity index (χ1v) is 12.4. The number of nitrogens with zero attached hydrogens (tertiary/aromatic N) is 8. The zero-order valence-corrected chi connectivity index (χ0v) is 21.1. The van der Waals surface area contributed by atoms with Crippen LogP contribution in [-0.4, -0.2) is 55.3 Å². The summed E-state index contributed by atoms with van der Waals surface area (Å²) in [6, 6.07) is 19.2. The summed E-state index contributed by atoms with van der Waals surface area (Å²) in [5.74, 6) is 1.59. The number of benzene rings is 1. The zero-order chi connectivity index (χ0) is 26.1. The Hall–Kier alpha value is -4.86. The molecule has 4 aromatic heterocycles. The number of piperazine rings is 1. The quantitative estimate of drug-likeness (QED) is 0.353. The number of rotatable bonds is 5. The Morgan fingerprint density at radius 3 is 2.45 bits per heavy atom. The molecule has 6 rings (SSSR count). The lowest BCUT2D eigenvalue weighted by Crippen LogP contribution is -2.53. The fourth-order valence-corrected chi connectivity index (χ4v) is 4.70. The average molecular weight is 507 g/mol. The van der Waals surface area contributed by atoms with Crippen LogP contribution in [0, 0.1) is 0 Å². The molecule has 0 saturated carbocycles. The van der Waals surface area contributed by atoms with Crippen LogP contribution in [-0.2, 0) is 7.05 Å². The molecule has 1 saturated heterocycles. The van der Waals surface area contributed by atoms with Crippen molar-refractivity contribution in [1.82, 2.24) is 29.7 Å². The second-order valence-electron chi connectivity index (χ2n) is 9.25. The van der Waals surface area contributed by atoms with E-state index in [1.165, 1.54) is 0 Å². The number of pyridine rings is 2. The second kappa shape index (κ2) is 9.89. The lowest BCUT2D eigenvalue weighted by atomic mass is 10.1. The van der Waals surface area contributed by atoms with Gasteiger partial charge in [0.1, 0.15) is 5.69 Å². The van der Waals surface area contributed by atoms with E-state index in [4.69, 9.17) is 9.51 Å².